The van der Waals surface area contributed by atoms with Gasteiger partial charge < -0.3 is 10.6 Å². The van der Waals surface area contributed by atoms with Gasteiger partial charge in [0.1, 0.15) is 5.71 Å². The molecule has 0 aromatic heterocycles. The van der Waals surface area contributed by atoms with Crippen LogP contribution in [0, 0.1) is 0 Å². The van der Waals surface area contributed by atoms with Gasteiger partial charge >= 0.3 is 0 Å². The Morgan fingerprint density at radius 2 is 1.47 bits per heavy atom. The number of carbonyl (C=O) groups excluding carboxylic acids is 2. The molecule has 3 aromatic rings. The third kappa shape index (κ3) is 4.25. The molecule has 3 aromatic carbocycles. The summed E-state index contributed by atoms with van der Waals surface area (Å²) in [7, 11) is 0. The van der Waals surface area contributed by atoms with Crippen molar-refractivity contribution >= 4 is 28.9 Å². The number of rotatable bonds is 6. The van der Waals surface area contributed by atoms with Crippen molar-refractivity contribution in [1.82, 2.24) is 5.32 Å². The second-order valence-corrected chi connectivity index (χ2v) is 8.10. The lowest BCUT2D eigenvalue weighted by molar-refractivity contribution is -0.110. The van der Waals surface area contributed by atoms with Crippen molar-refractivity contribution in [2.24, 2.45) is 5.10 Å². The molecule has 1 aliphatic heterocycles. The number of hydrazone groups is 1. The molecule has 2 N–H and O–H groups in total. The predicted octanol–water partition coefficient (Wildman–Crippen LogP) is 4.52. The van der Waals surface area contributed by atoms with Gasteiger partial charge in [0, 0.05) is 12.5 Å². The number of amides is 2. The van der Waals surface area contributed by atoms with Crippen LogP contribution in [0.2, 0.25) is 0 Å². The van der Waals surface area contributed by atoms with E-state index in [1.54, 1.807) is 18.2 Å². The lowest BCUT2D eigenvalue weighted by Gasteiger charge is -2.23. The molecule has 6 nitrogen and oxygen atoms in total. The summed E-state index contributed by atoms with van der Waals surface area (Å²) in [5.74, 6) is -0.458. The van der Waals surface area contributed by atoms with Crippen LogP contribution in [-0.4, -0.2) is 23.6 Å². The highest BCUT2D eigenvalue weighted by Gasteiger charge is 2.33. The Morgan fingerprint density at radius 3 is 2.19 bits per heavy atom. The first-order valence-electron chi connectivity index (χ1n) is 10.9. The lowest BCUT2D eigenvalue weighted by atomic mass is 10.0. The fraction of sp³-hybridized carbons (Fsp3) is 0.192. The maximum atomic E-state index is 13.2. The van der Waals surface area contributed by atoms with Crippen LogP contribution in [0.15, 0.2) is 90.0 Å². The quantitative estimate of drug-likeness (QED) is 0.611. The minimum absolute atomic E-state index is 0.0761. The standard InChI is InChI=1S/C26H24N4O2/c31-25(27-19-15-16-19)21-13-7-8-14-22(21)28-26(32)23-17-24(18-9-3-1-4-10-18)30(29-23)20-11-5-2-6-12-20/h1-14,19,24H,15-17H2,(H,27,31)(H,28,32). The average molecular weight is 425 g/mol. The summed E-state index contributed by atoms with van der Waals surface area (Å²) in [5.41, 5.74) is 3.40. The molecule has 1 saturated carbocycles. The Morgan fingerprint density at radius 1 is 0.812 bits per heavy atom. The van der Waals surface area contributed by atoms with Crippen molar-refractivity contribution in [3.8, 4) is 0 Å². The number of nitrogens with zero attached hydrogens (tertiary/aromatic N) is 2. The highest BCUT2D eigenvalue weighted by Crippen LogP contribution is 2.35. The molecule has 1 atom stereocenters. The first-order chi connectivity index (χ1) is 15.7. The lowest BCUT2D eigenvalue weighted by Crippen LogP contribution is -2.28. The molecule has 32 heavy (non-hydrogen) atoms. The Balaban J connectivity index is 1.40. The van der Waals surface area contributed by atoms with E-state index in [2.05, 4.69) is 27.9 Å². The molecule has 0 bridgehead atoms. The fourth-order valence-electron chi connectivity index (χ4n) is 3.88. The monoisotopic (exact) mass is 424 g/mol. The van der Waals surface area contributed by atoms with Crippen LogP contribution in [0.3, 0.4) is 0 Å². The van der Waals surface area contributed by atoms with Crippen molar-refractivity contribution in [3.05, 3.63) is 96.1 Å². The van der Waals surface area contributed by atoms with Crippen LogP contribution in [0.25, 0.3) is 0 Å². The molecule has 5 rings (SSSR count). The summed E-state index contributed by atoms with van der Waals surface area (Å²) >= 11 is 0. The smallest absolute Gasteiger partial charge is 0.271 e. The maximum absolute atomic E-state index is 13.2. The van der Waals surface area contributed by atoms with E-state index in [1.807, 2.05) is 59.6 Å². The van der Waals surface area contributed by atoms with E-state index in [-0.39, 0.29) is 23.9 Å². The average Bonchev–Trinajstić information content (AvgIpc) is 3.53. The van der Waals surface area contributed by atoms with Crippen LogP contribution in [0.1, 0.15) is 41.2 Å². The van der Waals surface area contributed by atoms with Gasteiger partial charge in [-0.25, -0.2) is 0 Å². The molecule has 2 amide bonds. The molecular weight excluding hydrogens is 400 g/mol. The van der Waals surface area contributed by atoms with Gasteiger partial charge in [0.2, 0.25) is 0 Å². The number of carbonyl (C=O) groups is 2. The van der Waals surface area contributed by atoms with Gasteiger partial charge in [-0.05, 0) is 42.7 Å². The van der Waals surface area contributed by atoms with Gasteiger partial charge in [0.25, 0.3) is 11.8 Å². The van der Waals surface area contributed by atoms with E-state index < -0.39 is 0 Å². The molecular formula is C26H24N4O2. The first kappa shape index (κ1) is 20.0. The second-order valence-electron chi connectivity index (χ2n) is 8.10. The number of para-hydroxylation sites is 2. The van der Waals surface area contributed by atoms with Crippen molar-refractivity contribution in [3.63, 3.8) is 0 Å². The highest BCUT2D eigenvalue weighted by atomic mass is 16.2. The van der Waals surface area contributed by atoms with Crippen LogP contribution in [0.4, 0.5) is 11.4 Å². The van der Waals surface area contributed by atoms with Crippen molar-refractivity contribution in [2.75, 3.05) is 10.3 Å². The summed E-state index contributed by atoms with van der Waals surface area (Å²) in [4.78, 5) is 25.8. The number of hydrogen-bond acceptors (Lipinski definition) is 4. The zero-order chi connectivity index (χ0) is 21.9. The Labute approximate surface area is 187 Å². The number of nitrogens with one attached hydrogen (secondary N) is 2. The Kier molecular flexibility index (Phi) is 5.42. The van der Waals surface area contributed by atoms with E-state index in [0.717, 1.165) is 24.1 Å². The molecule has 0 radical (unpaired) electrons. The van der Waals surface area contributed by atoms with Crippen molar-refractivity contribution in [1.29, 1.82) is 0 Å². The minimum Gasteiger partial charge on any atom is -0.349 e. The summed E-state index contributed by atoms with van der Waals surface area (Å²) in [6, 6.07) is 27.2. The zero-order valence-corrected chi connectivity index (χ0v) is 17.6. The predicted molar refractivity (Wildman–Crippen MR) is 126 cm³/mol. The van der Waals surface area contributed by atoms with Gasteiger partial charge in [0.05, 0.1) is 23.0 Å². The van der Waals surface area contributed by atoms with Crippen LogP contribution < -0.4 is 15.6 Å². The van der Waals surface area contributed by atoms with Gasteiger partial charge in [0.15, 0.2) is 0 Å². The number of anilines is 2. The number of hydrogen-bond donors (Lipinski definition) is 2. The van der Waals surface area contributed by atoms with E-state index in [1.165, 1.54) is 0 Å². The van der Waals surface area contributed by atoms with Gasteiger partial charge in [-0.2, -0.15) is 5.10 Å². The molecule has 2 aliphatic rings. The molecule has 0 saturated heterocycles. The van der Waals surface area contributed by atoms with Crippen LogP contribution in [-0.2, 0) is 4.79 Å². The molecule has 1 unspecified atom stereocenters. The van der Waals surface area contributed by atoms with Gasteiger partial charge in [-0.15, -0.1) is 0 Å². The van der Waals surface area contributed by atoms with Gasteiger partial charge in [-0.3, -0.25) is 14.6 Å². The highest BCUT2D eigenvalue weighted by molar-refractivity contribution is 6.44. The van der Waals surface area contributed by atoms with E-state index >= 15 is 0 Å². The first-order valence-corrected chi connectivity index (χ1v) is 10.9. The molecule has 1 aliphatic carbocycles. The molecule has 1 fully saturated rings. The third-order valence-corrected chi connectivity index (χ3v) is 5.71. The van der Waals surface area contributed by atoms with E-state index in [9.17, 15) is 9.59 Å². The van der Waals surface area contributed by atoms with Crippen molar-refractivity contribution < 1.29 is 9.59 Å². The molecule has 1 heterocycles. The minimum atomic E-state index is -0.295. The second kappa shape index (κ2) is 8.67. The molecule has 0 spiro atoms. The zero-order valence-electron chi connectivity index (χ0n) is 17.6. The molecule has 160 valence electrons. The summed E-state index contributed by atoms with van der Waals surface area (Å²) in [6.45, 7) is 0. The topological polar surface area (TPSA) is 73.8 Å². The van der Waals surface area contributed by atoms with Crippen molar-refractivity contribution in [2.45, 2.75) is 31.3 Å². The van der Waals surface area contributed by atoms with Crippen LogP contribution >= 0.6 is 0 Å². The SMILES string of the molecule is O=C(Nc1ccccc1C(=O)NC1CC1)C1=NN(c2ccccc2)C(c2ccccc2)C1. The fourth-order valence-corrected chi connectivity index (χ4v) is 3.88. The third-order valence-electron chi connectivity index (χ3n) is 5.71. The Hall–Kier alpha value is -3.93. The van der Waals surface area contributed by atoms with E-state index in [4.69, 9.17) is 0 Å². The largest absolute Gasteiger partial charge is 0.349 e. The molecule has 6 heteroatoms. The van der Waals surface area contributed by atoms with E-state index in [0.29, 0.717) is 23.4 Å². The summed E-state index contributed by atoms with van der Waals surface area (Å²) < 4.78 is 0. The Bertz CT molecular complexity index is 1160. The van der Waals surface area contributed by atoms with Gasteiger partial charge in [-0.1, -0.05) is 60.7 Å². The van der Waals surface area contributed by atoms with Crippen LogP contribution in [0.5, 0.6) is 0 Å². The maximum Gasteiger partial charge on any atom is 0.271 e. The normalized spacial score (nSPS) is 17.6. The number of benzene rings is 3. The summed E-state index contributed by atoms with van der Waals surface area (Å²) in [5, 5.41) is 12.5. The summed E-state index contributed by atoms with van der Waals surface area (Å²) in [6.07, 6.45) is 2.49.